The molecule has 3 N–H and O–H groups in total. The Kier molecular flexibility index (Phi) is 4.11. The van der Waals surface area contributed by atoms with Gasteiger partial charge in [-0.2, -0.15) is 0 Å². The van der Waals surface area contributed by atoms with Crippen molar-refractivity contribution in [2.24, 2.45) is 0 Å². The van der Waals surface area contributed by atoms with Crippen LogP contribution in [0.3, 0.4) is 0 Å². The Bertz CT molecular complexity index is 781. The topological polar surface area (TPSA) is 85.1 Å². The Hall–Kier alpha value is -1.79. The number of anilines is 2. The predicted molar refractivity (Wildman–Crippen MR) is 85.1 cm³/mol. The first kappa shape index (κ1) is 15.6. The molecule has 0 spiro atoms. The highest BCUT2D eigenvalue weighted by atomic mass is 35.5. The van der Waals surface area contributed by atoms with Gasteiger partial charge in [-0.25, -0.2) is 13.4 Å². The number of nitrogens with two attached hydrogens (primary N) is 1. The van der Waals surface area contributed by atoms with Crippen molar-refractivity contribution in [2.75, 3.05) is 10.5 Å². The molecular weight excluding hydrogens is 310 g/mol. The number of sulfonamides is 1. The van der Waals surface area contributed by atoms with Gasteiger partial charge in [-0.1, -0.05) is 11.6 Å². The second-order valence-corrected chi connectivity index (χ2v) is 6.90. The smallest absolute Gasteiger partial charge is 0.262 e. The van der Waals surface area contributed by atoms with Gasteiger partial charge in [-0.15, -0.1) is 0 Å². The summed E-state index contributed by atoms with van der Waals surface area (Å²) in [6, 6.07) is 6.14. The van der Waals surface area contributed by atoms with Gasteiger partial charge in [-0.05, 0) is 56.2 Å². The van der Waals surface area contributed by atoms with Crippen LogP contribution in [0.5, 0.6) is 0 Å². The lowest BCUT2D eigenvalue weighted by Gasteiger charge is -2.12. The fourth-order valence-corrected chi connectivity index (χ4v) is 3.28. The Morgan fingerprint density at radius 3 is 2.43 bits per heavy atom. The number of hydrogen-bond donors (Lipinski definition) is 2. The summed E-state index contributed by atoms with van der Waals surface area (Å²) in [6.45, 7) is 5.35. The minimum absolute atomic E-state index is 0.123. The molecule has 5 nitrogen and oxygen atoms in total. The number of aryl methyl sites for hydroxylation is 2. The lowest BCUT2D eigenvalue weighted by molar-refractivity contribution is 0.601. The van der Waals surface area contributed by atoms with E-state index in [9.17, 15) is 8.42 Å². The number of halogens is 1. The Labute approximate surface area is 129 Å². The summed E-state index contributed by atoms with van der Waals surface area (Å²) in [5.41, 5.74) is 8.87. The van der Waals surface area contributed by atoms with E-state index < -0.39 is 10.0 Å². The van der Waals surface area contributed by atoms with Crippen LogP contribution in [0.15, 0.2) is 29.2 Å². The molecular formula is C14H16ClN3O2S. The normalized spacial score (nSPS) is 11.4. The van der Waals surface area contributed by atoms with Crippen molar-refractivity contribution < 1.29 is 8.42 Å². The molecule has 2 rings (SSSR count). The number of pyridine rings is 1. The first-order chi connectivity index (χ1) is 9.70. The van der Waals surface area contributed by atoms with Gasteiger partial charge in [0.2, 0.25) is 0 Å². The van der Waals surface area contributed by atoms with E-state index in [-0.39, 0.29) is 4.90 Å². The standard InChI is InChI=1S/C14H16ClN3O2S/c1-8-6-11(7-12(16)9(8)2)21(19,20)18-13-4-5-14(15)17-10(13)3/h4-7,18H,16H2,1-3H3. The van der Waals surface area contributed by atoms with Gasteiger partial charge in [0, 0.05) is 5.69 Å². The molecule has 7 heteroatoms. The molecule has 0 aliphatic carbocycles. The third-order valence-corrected chi connectivity index (χ3v) is 4.84. The highest BCUT2D eigenvalue weighted by Crippen LogP contribution is 2.24. The van der Waals surface area contributed by atoms with Gasteiger partial charge < -0.3 is 5.73 Å². The number of nitrogens with zero attached hydrogens (tertiary/aromatic N) is 1. The first-order valence-electron chi connectivity index (χ1n) is 6.23. The van der Waals surface area contributed by atoms with Crippen molar-refractivity contribution >= 4 is 33.0 Å². The van der Waals surface area contributed by atoms with Crippen LogP contribution in [0.1, 0.15) is 16.8 Å². The number of rotatable bonds is 3. The average molecular weight is 326 g/mol. The fraction of sp³-hybridized carbons (Fsp3) is 0.214. The number of nitrogen functional groups attached to an aromatic ring is 1. The van der Waals surface area contributed by atoms with Crippen molar-refractivity contribution in [1.29, 1.82) is 0 Å². The molecule has 0 aliphatic rings. The van der Waals surface area contributed by atoms with E-state index in [0.717, 1.165) is 11.1 Å². The molecule has 2 aromatic rings. The van der Waals surface area contributed by atoms with Crippen LogP contribution in [-0.4, -0.2) is 13.4 Å². The quantitative estimate of drug-likeness (QED) is 0.671. The molecule has 0 bridgehead atoms. The Morgan fingerprint density at radius 1 is 1.19 bits per heavy atom. The first-order valence-corrected chi connectivity index (χ1v) is 8.09. The minimum Gasteiger partial charge on any atom is -0.398 e. The maximum absolute atomic E-state index is 12.4. The second kappa shape index (κ2) is 5.54. The van der Waals surface area contributed by atoms with E-state index in [4.69, 9.17) is 17.3 Å². The molecule has 0 fully saturated rings. The van der Waals surface area contributed by atoms with Gasteiger partial charge >= 0.3 is 0 Å². The van der Waals surface area contributed by atoms with Crippen LogP contribution in [0.4, 0.5) is 11.4 Å². The third-order valence-electron chi connectivity index (χ3n) is 3.29. The predicted octanol–water partition coefficient (Wildman–Crippen LogP) is 3.04. The molecule has 0 amide bonds. The lowest BCUT2D eigenvalue weighted by Crippen LogP contribution is -2.15. The summed E-state index contributed by atoms with van der Waals surface area (Å²) in [6.07, 6.45) is 0. The molecule has 0 atom stereocenters. The van der Waals surface area contributed by atoms with E-state index in [0.29, 0.717) is 22.2 Å². The third kappa shape index (κ3) is 3.28. The zero-order chi connectivity index (χ0) is 15.8. The molecule has 0 aliphatic heterocycles. The summed E-state index contributed by atoms with van der Waals surface area (Å²) in [4.78, 5) is 4.14. The summed E-state index contributed by atoms with van der Waals surface area (Å²) in [5.74, 6) is 0. The number of hydrogen-bond acceptors (Lipinski definition) is 4. The van der Waals surface area contributed by atoms with Crippen molar-refractivity contribution in [3.63, 3.8) is 0 Å². The lowest BCUT2D eigenvalue weighted by atomic mass is 10.1. The molecule has 0 saturated heterocycles. The van der Waals surface area contributed by atoms with E-state index in [1.165, 1.54) is 12.1 Å². The van der Waals surface area contributed by atoms with E-state index >= 15 is 0 Å². The van der Waals surface area contributed by atoms with E-state index in [1.54, 1.807) is 19.1 Å². The van der Waals surface area contributed by atoms with Crippen molar-refractivity contribution in [3.8, 4) is 0 Å². The van der Waals surface area contributed by atoms with Crippen LogP contribution >= 0.6 is 11.6 Å². The van der Waals surface area contributed by atoms with Crippen molar-refractivity contribution in [1.82, 2.24) is 4.98 Å². The van der Waals surface area contributed by atoms with E-state index in [2.05, 4.69) is 9.71 Å². The van der Waals surface area contributed by atoms with Crippen LogP contribution in [0, 0.1) is 20.8 Å². The summed E-state index contributed by atoms with van der Waals surface area (Å²) in [7, 11) is -3.72. The minimum atomic E-state index is -3.72. The molecule has 0 radical (unpaired) electrons. The molecule has 21 heavy (non-hydrogen) atoms. The fourth-order valence-electron chi connectivity index (χ4n) is 1.85. The van der Waals surface area contributed by atoms with Crippen molar-refractivity contribution in [2.45, 2.75) is 25.7 Å². The molecule has 0 saturated carbocycles. The van der Waals surface area contributed by atoms with Crippen LogP contribution in [-0.2, 0) is 10.0 Å². The average Bonchev–Trinajstić information content (AvgIpc) is 2.38. The van der Waals surface area contributed by atoms with Gasteiger partial charge in [0.1, 0.15) is 5.15 Å². The summed E-state index contributed by atoms with van der Waals surface area (Å²) < 4.78 is 27.4. The highest BCUT2D eigenvalue weighted by molar-refractivity contribution is 7.92. The molecule has 0 unspecified atom stereocenters. The molecule has 1 heterocycles. The van der Waals surface area contributed by atoms with Crippen LogP contribution in [0.25, 0.3) is 0 Å². The van der Waals surface area contributed by atoms with Crippen LogP contribution < -0.4 is 10.5 Å². The highest BCUT2D eigenvalue weighted by Gasteiger charge is 2.17. The number of nitrogens with one attached hydrogen (secondary N) is 1. The van der Waals surface area contributed by atoms with Gasteiger partial charge in [0.15, 0.2) is 0 Å². The van der Waals surface area contributed by atoms with Crippen LogP contribution in [0.2, 0.25) is 5.15 Å². The zero-order valence-corrected chi connectivity index (χ0v) is 13.5. The number of benzene rings is 1. The summed E-state index contributed by atoms with van der Waals surface area (Å²) >= 11 is 5.76. The molecule has 112 valence electrons. The molecule has 1 aromatic heterocycles. The summed E-state index contributed by atoms with van der Waals surface area (Å²) in [5, 5.41) is 0.311. The zero-order valence-electron chi connectivity index (χ0n) is 11.9. The van der Waals surface area contributed by atoms with E-state index in [1.807, 2.05) is 13.8 Å². The van der Waals surface area contributed by atoms with Gasteiger partial charge in [0.05, 0.1) is 16.3 Å². The second-order valence-electron chi connectivity index (χ2n) is 4.83. The largest absolute Gasteiger partial charge is 0.398 e. The molecule has 1 aromatic carbocycles. The van der Waals surface area contributed by atoms with Crippen molar-refractivity contribution in [3.05, 3.63) is 46.2 Å². The van der Waals surface area contributed by atoms with Gasteiger partial charge in [0.25, 0.3) is 10.0 Å². The maximum Gasteiger partial charge on any atom is 0.262 e. The Morgan fingerprint density at radius 2 is 1.86 bits per heavy atom. The van der Waals surface area contributed by atoms with Gasteiger partial charge in [-0.3, -0.25) is 4.72 Å². The maximum atomic E-state index is 12.4. The number of aromatic nitrogens is 1. The monoisotopic (exact) mass is 325 g/mol. The SMILES string of the molecule is Cc1cc(S(=O)(=O)Nc2ccc(Cl)nc2C)cc(N)c1C. The Balaban J connectivity index is 2.43.